The molecule has 68 valence electrons. The van der Waals surface area contributed by atoms with Crippen LogP contribution in [0.25, 0.3) is 0 Å². The van der Waals surface area contributed by atoms with Gasteiger partial charge in [0.1, 0.15) is 6.07 Å². The second kappa shape index (κ2) is 5.04. The first-order chi connectivity index (χ1) is 6.02. The quantitative estimate of drug-likeness (QED) is 0.309. The number of rotatable bonds is 3. The molecule has 13 heavy (non-hydrogen) atoms. The summed E-state index contributed by atoms with van der Waals surface area (Å²) >= 11 is 0. The summed E-state index contributed by atoms with van der Waals surface area (Å²) in [5.74, 6) is -0.275. The fourth-order valence-corrected chi connectivity index (χ4v) is 0.776. The van der Waals surface area contributed by atoms with Crippen molar-refractivity contribution in [3.63, 3.8) is 0 Å². The summed E-state index contributed by atoms with van der Waals surface area (Å²) in [6.07, 6.45) is 3.13. The van der Waals surface area contributed by atoms with Crippen LogP contribution in [-0.2, 0) is 4.79 Å². The molecule has 1 N–H and O–H groups in total. The van der Waals surface area contributed by atoms with E-state index in [1.165, 1.54) is 13.0 Å². The predicted molar refractivity (Wildman–Crippen MR) is 51.5 cm³/mol. The second-order valence-corrected chi connectivity index (χ2v) is 2.60. The Hall–Kier alpha value is -1.69. The molecule has 0 unspecified atom stereocenters. The zero-order chi connectivity index (χ0) is 10.4. The topological polar surface area (TPSA) is 64.7 Å². The normalized spacial score (nSPS) is 12.2. The third kappa shape index (κ3) is 3.48. The second-order valence-electron chi connectivity index (χ2n) is 2.60. The molecule has 0 aromatic carbocycles. The molecule has 0 saturated carbocycles. The minimum atomic E-state index is -0.275. The first kappa shape index (κ1) is 11.3. The molecule has 3 heteroatoms. The van der Waals surface area contributed by atoms with Gasteiger partial charge in [-0.15, -0.1) is 0 Å². The fraction of sp³-hybridized carbons (Fsp3) is 0.300. The Labute approximate surface area is 77.9 Å². The molecular formula is C10H12N2O. The lowest BCUT2D eigenvalue weighted by molar-refractivity contribution is -0.113. The molecule has 0 radical (unpaired) electrons. The summed E-state index contributed by atoms with van der Waals surface area (Å²) in [6, 6.07) is 1.80. The van der Waals surface area contributed by atoms with Crippen LogP contribution in [0.2, 0.25) is 0 Å². The number of nitriles is 1. The van der Waals surface area contributed by atoms with Gasteiger partial charge in [0.05, 0.1) is 5.57 Å². The number of nitrogens with one attached hydrogen (secondary N) is 1. The Bertz CT molecular complexity index is 329. The van der Waals surface area contributed by atoms with E-state index in [4.69, 9.17) is 10.7 Å². The Kier molecular flexibility index (Phi) is 4.39. The lowest BCUT2D eigenvalue weighted by Gasteiger charge is -1.97. The van der Waals surface area contributed by atoms with Crippen LogP contribution in [0.4, 0.5) is 0 Å². The molecule has 3 nitrogen and oxygen atoms in total. The maximum atomic E-state index is 10.9. The molecule has 0 aromatic rings. The molecule has 0 fully saturated rings. The monoisotopic (exact) mass is 176 g/mol. The van der Waals surface area contributed by atoms with Crippen molar-refractivity contribution in [3.8, 4) is 6.07 Å². The molecule has 0 spiro atoms. The van der Waals surface area contributed by atoms with E-state index in [9.17, 15) is 4.79 Å². The van der Waals surface area contributed by atoms with Crippen LogP contribution in [0.3, 0.4) is 0 Å². The highest BCUT2D eigenvalue weighted by Crippen LogP contribution is 2.04. The Balaban J connectivity index is 5.02. The van der Waals surface area contributed by atoms with E-state index < -0.39 is 0 Å². The third-order valence-electron chi connectivity index (χ3n) is 1.54. The molecule has 0 bridgehead atoms. The van der Waals surface area contributed by atoms with E-state index in [1.54, 1.807) is 26.0 Å². The van der Waals surface area contributed by atoms with Crippen molar-refractivity contribution in [2.75, 3.05) is 0 Å². The van der Waals surface area contributed by atoms with Gasteiger partial charge in [-0.1, -0.05) is 6.08 Å². The SMILES string of the molecule is C/C=C(/C=C(/C#N)C(C)=O)C(C)=N. The van der Waals surface area contributed by atoms with Gasteiger partial charge in [0.2, 0.25) is 0 Å². The van der Waals surface area contributed by atoms with Gasteiger partial charge in [0.25, 0.3) is 0 Å². The number of Topliss-reactive ketones (excluding diaryl/α,β-unsaturated/α-hetero) is 1. The Morgan fingerprint density at radius 3 is 2.23 bits per heavy atom. The highest BCUT2D eigenvalue weighted by Gasteiger charge is 2.03. The average Bonchev–Trinajstić information content (AvgIpc) is 2.05. The largest absolute Gasteiger partial charge is 0.305 e. The van der Waals surface area contributed by atoms with E-state index in [2.05, 4.69) is 0 Å². The van der Waals surface area contributed by atoms with Crippen molar-refractivity contribution in [2.24, 2.45) is 0 Å². The van der Waals surface area contributed by atoms with E-state index in [0.717, 1.165) is 0 Å². The molecule has 0 aliphatic heterocycles. The molecule has 0 rings (SSSR count). The zero-order valence-corrected chi connectivity index (χ0v) is 8.01. The van der Waals surface area contributed by atoms with Crippen molar-refractivity contribution in [1.82, 2.24) is 0 Å². The van der Waals surface area contributed by atoms with Crippen molar-refractivity contribution in [3.05, 3.63) is 23.3 Å². The smallest absolute Gasteiger partial charge is 0.170 e. The molecule has 0 aromatic heterocycles. The highest BCUT2D eigenvalue weighted by molar-refractivity contribution is 6.03. The summed E-state index contributed by atoms with van der Waals surface area (Å²) < 4.78 is 0. The number of ketones is 1. The van der Waals surface area contributed by atoms with Crippen molar-refractivity contribution in [1.29, 1.82) is 10.7 Å². The first-order valence-electron chi connectivity index (χ1n) is 3.87. The number of carbonyl (C=O) groups excluding carboxylic acids is 1. The number of allylic oxidation sites excluding steroid dienone is 4. The van der Waals surface area contributed by atoms with Crippen LogP contribution >= 0.6 is 0 Å². The standard InChI is InChI=1S/C10H12N2O/c1-4-9(7(2)12)5-10(6-11)8(3)13/h4-5,12H,1-3H3/b9-4-,10-5-,12-7?. The summed E-state index contributed by atoms with van der Waals surface area (Å²) in [7, 11) is 0. The summed E-state index contributed by atoms with van der Waals surface area (Å²) in [5.41, 5.74) is 1.03. The van der Waals surface area contributed by atoms with Gasteiger partial charge in [0, 0.05) is 5.71 Å². The molecule has 0 amide bonds. The summed E-state index contributed by atoms with van der Waals surface area (Å²) in [6.45, 7) is 4.71. The van der Waals surface area contributed by atoms with Crippen LogP contribution in [0.1, 0.15) is 20.8 Å². The van der Waals surface area contributed by atoms with Gasteiger partial charge in [-0.05, 0) is 32.4 Å². The van der Waals surface area contributed by atoms with Gasteiger partial charge < -0.3 is 5.41 Å². The molecule has 0 saturated heterocycles. The van der Waals surface area contributed by atoms with Crippen LogP contribution in [-0.4, -0.2) is 11.5 Å². The molecule has 0 heterocycles. The molecule has 0 atom stereocenters. The minimum absolute atomic E-state index is 0.0831. The fourth-order valence-electron chi connectivity index (χ4n) is 0.776. The number of hydrogen-bond acceptors (Lipinski definition) is 3. The summed E-state index contributed by atoms with van der Waals surface area (Å²) in [4.78, 5) is 10.9. The average molecular weight is 176 g/mol. The van der Waals surface area contributed by atoms with E-state index in [-0.39, 0.29) is 11.4 Å². The van der Waals surface area contributed by atoms with Crippen molar-refractivity contribution < 1.29 is 4.79 Å². The maximum absolute atomic E-state index is 10.9. The first-order valence-corrected chi connectivity index (χ1v) is 3.87. The zero-order valence-electron chi connectivity index (χ0n) is 8.01. The van der Waals surface area contributed by atoms with Gasteiger partial charge in [-0.2, -0.15) is 5.26 Å². The van der Waals surface area contributed by atoms with Crippen LogP contribution < -0.4 is 0 Å². The molecule has 0 aliphatic carbocycles. The molecular weight excluding hydrogens is 164 g/mol. The van der Waals surface area contributed by atoms with E-state index in [0.29, 0.717) is 11.3 Å². The lowest BCUT2D eigenvalue weighted by atomic mass is 10.1. The minimum Gasteiger partial charge on any atom is -0.305 e. The Morgan fingerprint density at radius 1 is 1.46 bits per heavy atom. The van der Waals surface area contributed by atoms with Crippen molar-refractivity contribution in [2.45, 2.75) is 20.8 Å². The number of carbonyl (C=O) groups is 1. The van der Waals surface area contributed by atoms with Crippen LogP contribution in [0.15, 0.2) is 23.3 Å². The van der Waals surface area contributed by atoms with Gasteiger partial charge in [0.15, 0.2) is 5.78 Å². The van der Waals surface area contributed by atoms with Gasteiger partial charge in [-0.3, -0.25) is 4.79 Å². The highest BCUT2D eigenvalue weighted by atomic mass is 16.1. The lowest BCUT2D eigenvalue weighted by Crippen LogP contribution is -1.98. The number of hydrogen-bond donors (Lipinski definition) is 1. The molecule has 0 aliphatic rings. The number of nitrogens with zero attached hydrogens (tertiary/aromatic N) is 1. The van der Waals surface area contributed by atoms with Gasteiger partial charge in [-0.25, -0.2) is 0 Å². The van der Waals surface area contributed by atoms with Crippen molar-refractivity contribution >= 4 is 11.5 Å². The Morgan fingerprint density at radius 2 is 2.00 bits per heavy atom. The maximum Gasteiger partial charge on any atom is 0.170 e. The van der Waals surface area contributed by atoms with Gasteiger partial charge >= 0.3 is 0 Å². The van der Waals surface area contributed by atoms with Crippen LogP contribution in [0.5, 0.6) is 0 Å². The third-order valence-corrected chi connectivity index (χ3v) is 1.54. The van der Waals surface area contributed by atoms with E-state index in [1.807, 2.05) is 0 Å². The van der Waals surface area contributed by atoms with Crippen LogP contribution in [0, 0.1) is 16.7 Å². The predicted octanol–water partition coefficient (Wildman–Crippen LogP) is 2.01. The summed E-state index contributed by atoms with van der Waals surface area (Å²) in [5, 5.41) is 15.9. The van der Waals surface area contributed by atoms with E-state index >= 15 is 0 Å².